The van der Waals surface area contributed by atoms with Gasteiger partial charge in [-0.15, -0.1) is 0 Å². The summed E-state index contributed by atoms with van der Waals surface area (Å²) in [6.07, 6.45) is 0. The molecule has 1 atom stereocenters. The summed E-state index contributed by atoms with van der Waals surface area (Å²) in [5.74, 6) is 1.42. The van der Waals surface area contributed by atoms with Crippen LogP contribution >= 0.6 is 47.8 Å². The highest BCUT2D eigenvalue weighted by Crippen LogP contribution is 2.42. The predicted octanol–water partition coefficient (Wildman–Crippen LogP) is 6.02. The van der Waals surface area contributed by atoms with Gasteiger partial charge in [0.1, 0.15) is 0 Å². The van der Waals surface area contributed by atoms with E-state index in [-0.39, 0.29) is 4.83 Å². The number of alkyl halides is 1. The number of hydrogen-bond acceptors (Lipinski definition) is 2. The van der Waals surface area contributed by atoms with E-state index in [0.717, 1.165) is 14.5 Å². The monoisotopic (exact) mass is 476 g/mol. The van der Waals surface area contributed by atoms with Gasteiger partial charge in [0.05, 0.1) is 19.0 Å². The molecule has 2 nitrogen and oxygen atoms in total. The van der Waals surface area contributed by atoms with Gasteiger partial charge < -0.3 is 9.47 Å². The lowest BCUT2D eigenvalue weighted by atomic mass is 10.00. The average Bonchev–Trinajstić information content (AvgIpc) is 2.49. The number of rotatable bonds is 4. The van der Waals surface area contributed by atoms with Crippen molar-refractivity contribution in [2.75, 3.05) is 14.2 Å². The first-order chi connectivity index (χ1) is 9.99. The van der Waals surface area contributed by atoms with Gasteiger partial charge in [-0.25, -0.2) is 0 Å². The Morgan fingerprint density at radius 2 is 1.52 bits per heavy atom. The van der Waals surface area contributed by atoms with Gasteiger partial charge in [-0.05, 0) is 41.8 Å². The summed E-state index contributed by atoms with van der Waals surface area (Å²) >= 11 is 11.0. The maximum Gasteiger partial charge on any atom is 0.161 e. The Bertz CT molecular complexity index is 656. The van der Waals surface area contributed by atoms with E-state index in [1.807, 2.05) is 24.3 Å². The molecule has 0 aliphatic rings. The highest BCUT2D eigenvalue weighted by atomic mass is 79.9. The summed E-state index contributed by atoms with van der Waals surface area (Å²) in [5, 5.41) is 0. The fourth-order valence-corrected chi connectivity index (χ4v) is 4.25. The first-order valence-electron chi connectivity index (χ1n) is 6.30. The fraction of sp³-hybridized carbons (Fsp3) is 0.250. The molecule has 0 spiro atoms. The molecule has 5 heteroatoms. The second-order valence-electron chi connectivity index (χ2n) is 4.55. The van der Waals surface area contributed by atoms with Crippen LogP contribution in [0.5, 0.6) is 11.5 Å². The average molecular weight is 479 g/mol. The van der Waals surface area contributed by atoms with Crippen molar-refractivity contribution >= 4 is 47.8 Å². The molecule has 2 rings (SSSR count). The molecule has 0 aliphatic carbocycles. The normalized spacial score (nSPS) is 12.1. The van der Waals surface area contributed by atoms with Crippen molar-refractivity contribution in [2.45, 2.75) is 11.8 Å². The topological polar surface area (TPSA) is 18.5 Å². The Morgan fingerprint density at radius 1 is 0.905 bits per heavy atom. The second kappa shape index (κ2) is 7.16. The van der Waals surface area contributed by atoms with Crippen molar-refractivity contribution in [2.24, 2.45) is 0 Å². The van der Waals surface area contributed by atoms with Crippen LogP contribution in [0.4, 0.5) is 0 Å². The molecule has 1 unspecified atom stereocenters. The lowest BCUT2D eigenvalue weighted by Crippen LogP contribution is -2.00. The van der Waals surface area contributed by atoms with Crippen molar-refractivity contribution in [1.29, 1.82) is 0 Å². The third kappa shape index (κ3) is 3.46. The third-order valence-corrected chi connectivity index (χ3v) is 5.89. The van der Waals surface area contributed by atoms with Gasteiger partial charge in [0.15, 0.2) is 11.5 Å². The van der Waals surface area contributed by atoms with Gasteiger partial charge in [-0.2, -0.15) is 0 Å². The number of halogens is 3. The van der Waals surface area contributed by atoms with Gasteiger partial charge in [0.25, 0.3) is 0 Å². The highest BCUT2D eigenvalue weighted by Gasteiger charge is 2.19. The molecule has 21 heavy (non-hydrogen) atoms. The van der Waals surface area contributed by atoms with Crippen molar-refractivity contribution < 1.29 is 9.47 Å². The van der Waals surface area contributed by atoms with Crippen molar-refractivity contribution in [3.63, 3.8) is 0 Å². The third-order valence-electron chi connectivity index (χ3n) is 3.36. The maximum atomic E-state index is 5.40. The molecule has 0 aliphatic heterocycles. The zero-order valence-corrected chi connectivity index (χ0v) is 16.7. The summed E-state index contributed by atoms with van der Waals surface area (Å²) < 4.78 is 12.8. The second-order valence-corrected chi connectivity index (χ2v) is 7.17. The van der Waals surface area contributed by atoms with Crippen LogP contribution < -0.4 is 9.47 Å². The van der Waals surface area contributed by atoms with Crippen LogP contribution in [0.25, 0.3) is 0 Å². The maximum absolute atomic E-state index is 5.40. The molecule has 2 aromatic rings. The number of hydrogen-bond donors (Lipinski definition) is 0. The number of methoxy groups -OCH3 is 2. The Hall–Kier alpha value is -0.520. The molecule has 0 saturated heterocycles. The minimum Gasteiger partial charge on any atom is -0.493 e. The van der Waals surface area contributed by atoms with Gasteiger partial charge in [-0.1, -0.05) is 59.9 Å². The zero-order chi connectivity index (χ0) is 15.6. The van der Waals surface area contributed by atoms with Crippen LogP contribution in [0.2, 0.25) is 0 Å². The predicted molar refractivity (Wildman–Crippen MR) is 96.9 cm³/mol. The highest BCUT2D eigenvalue weighted by molar-refractivity contribution is 9.11. The number of benzene rings is 2. The summed E-state index contributed by atoms with van der Waals surface area (Å²) in [7, 11) is 3.27. The van der Waals surface area contributed by atoms with E-state index in [2.05, 4.69) is 60.8 Å². The number of ether oxygens (including phenoxy) is 2. The standard InChI is InChI=1S/C16H15Br3O2/c1-9-10(5-4-6-12(9)17)16(19)11-7-14(20-2)15(21-3)8-13(11)18/h4-8,16H,1-3H3. The van der Waals surface area contributed by atoms with E-state index in [1.165, 1.54) is 11.1 Å². The quantitative estimate of drug-likeness (QED) is 0.500. The van der Waals surface area contributed by atoms with E-state index < -0.39 is 0 Å². The summed E-state index contributed by atoms with van der Waals surface area (Å²) in [6, 6.07) is 10.1. The van der Waals surface area contributed by atoms with Gasteiger partial charge in [0.2, 0.25) is 0 Å². The Balaban J connectivity index is 2.53. The summed E-state index contributed by atoms with van der Waals surface area (Å²) in [5.41, 5.74) is 3.51. The van der Waals surface area contributed by atoms with E-state index in [1.54, 1.807) is 14.2 Å². The van der Waals surface area contributed by atoms with E-state index in [0.29, 0.717) is 11.5 Å². The zero-order valence-electron chi connectivity index (χ0n) is 11.9. The SMILES string of the molecule is COc1cc(Br)c(C(Br)c2cccc(Br)c2C)cc1OC. The minimum atomic E-state index is 0.0594. The smallest absolute Gasteiger partial charge is 0.161 e. The van der Waals surface area contributed by atoms with Gasteiger partial charge in [0, 0.05) is 8.95 Å². The van der Waals surface area contributed by atoms with Gasteiger partial charge in [-0.3, -0.25) is 0 Å². The Kier molecular flexibility index (Phi) is 5.74. The lowest BCUT2D eigenvalue weighted by molar-refractivity contribution is 0.354. The van der Waals surface area contributed by atoms with Crippen molar-refractivity contribution in [3.05, 3.63) is 56.0 Å². The van der Waals surface area contributed by atoms with Crippen molar-refractivity contribution in [3.8, 4) is 11.5 Å². The minimum absolute atomic E-state index is 0.0594. The van der Waals surface area contributed by atoms with E-state index >= 15 is 0 Å². The Morgan fingerprint density at radius 3 is 2.14 bits per heavy atom. The molecular formula is C16H15Br3O2. The molecule has 0 amide bonds. The van der Waals surface area contributed by atoms with Crippen LogP contribution in [0, 0.1) is 6.92 Å². The van der Waals surface area contributed by atoms with E-state index in [4.69, 9.17) is 9.47 Å². The van der Waals surface area contributed by atoms with Crippen LogP contribution in [0.3, 0.4) is 0 Å². The lowest BCUT2D eigenvalue weighted by Gasteiger charge is -2.18. The summed E-state index contributed by atoms with van der Waals surface area (Å²) in [4.78, 5) is 0.0594. The van der Waals surface area contributed by atoms with E-state index in [9.17, 15) is 0 Å². The molecule has 0 saturated carbocycles. The molecule has 0 bridgehead atoms. The molecule has 0 radical (unpaired) electrons. The molecule has 0 heterocycles. The molecule has 112 valence electrons. The molecule has 2 aromatic carbocycles. The van der Waals surface area contributed by atoms with Crippen LogP contribution in [-0.2, 0) is 0 Å². The van der Waals surface area contributed by atoms with Crippen molar-refractivity contribution in [1.82, 2.24) is 0 Å². The largest absolute Gasteiger partial charge is 0.493 e. The molecule has 0 fully saturated rings. The molecular weight excluding hydrogens is 464 g/mol. The molecule has 0 aromatic heterocycles. The fourth-order valence-electron chi connectivity index (χ4n) is 2.13. The molecule has 0 N–H and O–H groups in total. The van der Waals surface area contributed by atoms with Crippen LogP contribution in [0.1, 0.15) is 21.5 Å². The first-order valence-corrected chi connectivity index (χ1v) is 8.80. The van der Waals surface area contributed by atoms with Crippen LogP contribution in [0.15, 0.2) is 39.3 Å². The van der Waals surface area contributed by atoms with Crippen LogP contribution in [-0.4, -0.2) is 14.2 Å². The summed E-state index contributed by atoms with van der Waals surface area (Å²) in [6.45, 7) is 2.10. The van der Waals surface area contributed by atoms with Gasteiger partial charge >= 0.3 is 0 Å². The Labute approximate surface area is 150 Å². The first kappa shape index (κ1) is 16.8.